The minimum Gasteiger partial charge on any atom is -0.350 e. The largest absolute Gasteiger partial charge is 0.350 e. The molecular weight excluding hydrogens is 430 g/mol. The van der Waals surface area contributed by atoms with Crippen LogP contribution in [0.3, 0.4) is 0 Å². The molecule has 1 aliphatic heterocycles. The number of nitrogens with one attached hydrogen (secondary N) is 3. The number of amides is 1. The fourth-order valence-electron chi connectivity index (χ4n) is 4.19. The van der Waals surface area contributed by atoms with E-state index in [4.69, 9.17) is 0 Å². The molecule has 3 N–H and O–H groups in total. The second kappa shape index (κ2) is 9.60. The Labute approximate surface area is 197 Å². The Kier molecular flexibility index (Phi) is 6.22. The van der Waals surface area contributed by atoms with Gasteiger partial charge in [-0.2, -0.15) is 19.7 Å². The molecule has 1 unspecified atom stereocenters. The van der Waals surface area contributed by atoms with Crippen molar-refractivity contribution in [2.45, 2.75) is 32.7 Å². The van der Waals surface area contributed by atoms with Crippen LogP contribution in [0.15, 0.2) is 48.9 Å². The summed E-state index contributed by atoms with van der Waals surface area (Å²) in [5, 5.41) is 18.6. The predicted octanol–water partition coefficient (Wildman–Crippen LogP) is 2.38. The fraction of sp³-hybridized carbons (Fsp3) is 0.375. The van der Waals surface area contributed by atoms with Gasteiger partial charge in [-0.25, -0.2) is 9.67 Å². The highest BCUT2D eigenvalue weighted by Crippen LogP contribution is 2.22. The van der Waals surface area contributed by atoms with Crippen molar-refractivity contribution in [1.29, 1.82) is 0 Å². The minimum atomic E-state index is -0.273. The van der Waals surface area contributed by atoms with E-state index in [2.05, 4.69) is 50.0 Å². The van der Waals surface area contributed by atoms with Crippen molar-refractivity contribution >= 4 is 17.5 Å². The van der Waals surface area contributed by atoms with Gasteiger partial charge in [-0.3, -0.25) is 4.79 Å². The number of fused-ring (bicyclic) bond motifs is 1. The number of anilines is 1. The first-order valence-corrected chi connectivity index (χ1v) is 11.7. The van der Waals surface area contributed by atoms with Crippen LogP contribution in [-0.2, 0) is 6.54 Å². The van der Waals surface area contributed by atoms with Crippen LogP contribution in [0.2, 0.25) is 0 Å². The summed E-state index contributed by atoms with van der Waals surface area (Å²) < 4.78 is 3.50. The first kappa shape index (κ1) is 22.0. The quantitative estimate of drug-likeness (QED) is 0.371. The van der Waals surface area contributed by atoms with Crippen molar-refractivity contribution in [2.75, 3.05) is 25.0 Å². The number of hydrogen-bond acceptors (Lipinski definition) is 7. The molecule has 1 amide bonds. The number of aromatic nitrogens is 6. The fourth-order valence-corrected chi connectivity index (χ4v) is 4.19. The molecule has 10 heteroatoms. The first-order valence-electron chi connectivity index (χ1n) is 11.7. The van der Waals surface area contributed by atoms with Crippen molar-refractivity contribution in [3.8, 4) is 5.69 Å². The Bertz CT molecular complexity index is 1270. The highest BCUT2D eigenvalue weighted by molar-refractivity contribution is 5.91. The molecule has 1 atom stereocenters. The van der Waals surface area contributed by atoms with Crippen molar-refractivity contribution in [1.82, 2.24) is 40.0 Å². The van der Waals surface area contributed by atoms with Crippen LogP contribution in [0.25, 0.3) is 11.3 Å². The van der Waals surface area contributed by atoms with E-state index in [1.165, 1.54) is 0 Å². The molecule has 1 aliphatic rings. The summed E-state index contributed by atoms with van der Waals surface area (Å²) in [5.74, 6) is 0.986. The molecule has 0 spiro atoms. The molecule has 3 aromatic heterocycles. The topological polar surface area (TPSA) is 114 Å². The van der Waals surface area contributed by atoms with E-state index < -0.39 is 0 Å². The van der Waals surface area contributed by atoms with Crippen LogP contribution in [0.5, 0.6) is 0 Å². The summed E-state index contributed by atoms with van der Waals surface area (Å²) in [6.07, 6.45) is 6.51. The van der Waals surface area contributed by atoms with Gasteiger partial charge in [-0.05, 0) is 49.0 Å². The molecule has 0 saturated carbocycles. The normalized spacial score (nSPS) is 15.8. The first-order chi connectivity index (χ1) is 16.6. The Morgan fingerprint density at radius 2 is 2.09 bits per heavy atom. The number of carbonyl (C=O) groups is 1. The Balaban J connectivity index is 1.44. The maximum Gasteiger partial charge on any atom is 0.289 e. The van der Waals surface area contributed by atoms with Gasteiger partial charge >= 0.3 is 0 Å². The zero-order chi connectivity index (χ0) is 23.5. The van der Waals surface area contributed by atoms with Gasteiger partial charge < -0.3 is 16.0 Å². The Morgan fingerprint density at radius 1 is 1.21 bits per heavy atom. The van der Waals surface area contributed by atoms with Crippen molar-refractivity contribution in [3.63, 3.8) is 0 Å². The molecule has 1 aromatic carbocycles. The third-order valence-electron chi connectivity index (χ3n) is 6.11. The minimum absolute atomic E-state index is 0.142. The van der Waals surface area contributed by atoms with Crippen LogP contribution in [0, 0.1) is 5.92 Å². The second-order valence-corrected chi connectivity index (χ2v) is 8.86. The predicted molar refractivity (Wildman–Crippen MR) is 129 cm³/mol. The Morgan fingerprint density at radius 3 is 2.85 bits per heavy atom. The summed E-state index contributed by atoms with van der Waals surface area (Å²) in [5.41, 5.74) is 3.61. The van der Waals surface area contributed by atoms with Crippen LogP contribution in [0.4, 0.5) is 5.95 Å². The molecule has 0 bridgehead atoms. The van der Waals surface area contributed by atoms with Crippen LogP contribution < -0.4 is 16.0 Å². The van der Waals surface area contributed by atoms with Gasteiger partial charge in [0.05, 0.1) is 11.9 Å². The maximum absolute atomic E-state index is 13.0. The third kappa shape index (κ3) is 4.49. The van der Waals surface area contributed by atoms with E-state index >= 15 is 0 Å². The van der Waals surface area contributed by atoms with E-state index in [-0.39, 0.29) is 17.6 Å². The molecule has 1 fully saturated rings. The van der Waals surface area contributed by atoms with Gasteiger partial charge in [0.1, 0.15) is 0 Å². The lowest BCUT2D eigenvalue weighted by molar-refractivity contribution is 0.0938. The van der Waals surface area contributed by atoms with Gasteiger partial charge in [0.25, 0.3) is 5.91 Å². The molecule has 0 radical (unpaired) electrons. The van der Waals surface area contributed by atoms with Crippen molar-refractivity contribution in [2.24, 2.45) is 5.92 Å². The lowest BCUT2D eigenvalue weighted by Gasteiger charge is -2.14. The SMILES string of the molecule is CC(C)c1cnn2c(NCc3ccccc3-n3cccn3)nc(C(=O)NCC3CCNC3)nc12. The highest BCUT2D eigenvalue weighted by atomic mass is 16.2. The van der Waals surface area contributed by atoms with Crippen molar-refractivity contribution < 1.29 is 4.79 Å². The van der Waals surface area contributed by atoms with E-state index in [1.807, 2.05) is 41.2 Å². The molecular formula is C24H29N9O. The molecule has 0 aliphatic carbocycles. The number of nitrogens with zero attached hydrogens (tertiary/aromatic N) is 6. The molecule has 5 rings (SSSR count). The van der Waals surface area contributed by atoms with E-state index in [9.17, 15) is 4.79 Å². The lowest BCUT2D eigenvalue weighted by atomic mass is 10.1. The number of rotatable bonds is 8. The van der Waals surface area contributed by atoms with Crippen LogP contribution in [-0.4, -0.2) is 54.9 Å². The summed E-state index contributed by atoms with van der Waals surface area (Å²) in [7, 11) is 0. The molecule has 34 heavy (non-hydrogen) atoms. The van der Waals surface area contributed by atoms with Crippen LogP contribution in [0.1, 0.15) is 47.9 Å². The highest BCUT2D eigenvalue weighted by Gasteiger charge is 2.21. The standard InChI is InChI=1S/C24H29N9O/c1-16(2)19-15-29-33-22(19)30-21(23(34)26-13-17-8-10-25-12-17)31-24(33)27-14-18-6-3-4-7-20(18)32-11-5-9-28-32/h3-7,9,11,15-17,25H,8,10,12-14H2,1-2H3,(H,26,34)(H,27,30,31). The summed E-state index contributed by atoms with van der Waals surface area (Å²) >= 11 is 0. The average molecular weight is 460 g/mol. The smallest absolute Gasteiger partial charge is 0.289 e. The second-order valence-electron chi connectivity index (χ2n) is 8.86. The van der Waals surface area contributed by atoms with E-state index in [1.54, 1.807) is 16.9 Å². The zero-order valence-electron chi connectivity index (χ0n) is 19.4. The van der Waals surface area contributed by atoms with Gasteiger partial charge in [0.15, 0.2) is 5.65 Å². The maximum atomic E-state index is 13.0. The molecule has 1 saturated heterocycles. The summed E-state index contributed by atoms with van der Waals surface area (Å²) in [6.45, 7) is 7.16. The van der Waals surface area contributed by atoms with Gasteiger partial charge in [0, 0.05) is 31.0 Å². The average Bonchev–Trinajstić information content (AvgIpc) is 3.62. The summed E-state index contributed by atoms with van der Waals surface area (Å²) in [6, 6.07) is 9.91. The van der Waals surface area contributed by atoms with Gasteiger partial charge in [-0.15, -0.1) is 0 Å². The monoisotopic (exact) mass is 459 g/mol. The number of hydrogen-bond donors (Lipinski definition) is 3. The van der Waals surface area contributed by atoms with Crippen molar-refractivity contribution in [3.05, 3.63) is 65.9 Å². The lowest BCUT2D eigenvalue weighted by Crippen LogP contribution is -2.32. The zero-order valence-corrected chi connectivity index (χ0v) is 19.4. The van der Waals surface area contributed by atoms with Gasteiger partial charge in [0.2, 0.25) is 11.8 Å². The molecule has 176 valence electrons. The molecule has 4 aromatic rings. The van der Waals surface area contributed by atoms with Crippen LogP contribution >= 0.6 is 0 Å². The summed E-state index contributed by atoms with van der Waals surface area (Å²) in [4.78, 5) is 22.1. The molecule has 4 heterocycles. The number of para-hydroxylation sites is 1. The van der Waals surface area contributed by atoms with E-state index in [0.717, 1.165) is 36.3 Å². The third-order valence-corrected chi connectivity index (χ3v) is 6.11. The molecule has 10 nitrogen and oxygen atoms in total. The van der Waals surface area contributed by atoms with E-state index in [0.29, 0.717) is 30.6 Å². The number of carbonyl (C=O) groups excluding carboxylic acids is 1. The number of benzene rings is 1. The van der Waals surface area contributed by atoms with Gasteiger partial charge in [-0.1, -0.05) is 32.0 Å². The Hall–Kier alpha value is -3.79.